The van der Waals surface area contributed by atoms with Gasteiger partial charge in [-0.15, -0.1) is 0 Å². The highest BCUT2D eigenvalue weighted by Gasteiger charge is 2.19. The first-order chi connectivity index (χ1) is 10.5. The Morgan fingerprint density at radius 2 is 1.64 bits per heavy atom. The van der Waals surface area contributed by atoms with Crippen molar-refractivity contribution in [2.45, 2.75) is 13.8 Å². The first-order valence-electron chi connectivity index (χ1n) is 7.23. The molecule has 0 fully saturated rings. The van der Waals surface area contributed by atoms with Crippen LogP contribution in [0, 0.1) is 0 Å². The summed E-state index contributed by atoms with van der Waals surface area (Å²) in [4.78, 5) is 27.6. The van der Waals surface area contributed by atoms with Crippen molar-refractivity contribution < 1.29 is 19.1 Å². The van der Waals surface area contributed by atoms with E-state index in [1.54, 1.807) is 30.1 Å². The number of hydrogen-bond acceptors (Lipinski definition) is 4. The zero-order valence-corrected chi connectivity index (χ0v) is 13.9. The average Bonchev–Trinajstić information content (AvgIpc) is 2.54. The van der Waals surface area contributed by atoms with Crippen LogP contribution >= 0.6 is 0 Å². The van der Waals surface area contributed by atoms with E-state index in [2.05, 4.69) is 0 Å². The third-order valence-electron chi connectivity index (χ3n) is 3.47. The number of likely N-dealkylation sites (N-methyl/N-ethyl adjacent to an activating group) is 2. The van der Waals surface area contributed by atoms with E-state index < -0.39 is 0 Å². The minimum absolute atomic E-state index is 0.0505. The second-order valence-electron chi connectivity index (χ2n) is 4.80. The minimum Gasteiger partial charge on any atom is -0.493 e. The van der Waals surface area contributed by atoms with Gasteiger partial charge in [0.25, 0.3) is 5.91 Å². The highest BCUT2D eigenvalue weighted by Crippen LogP contribution is 2.27. The summed E-state index contributed by atoms with van der Waals surface area (Å²) in [5, 5.41) is 0. The zero-order chi connectivity index (χ0) is 16.7. The SMILES string of the molecule is CCN(CC)C(=O)CN(C)C(=O)c1ccc(OC)c(OC)c1. The van der Waals surface area contributed by atoms with Crippen molar-refractivity contribution >= 4 is 11.8 Å². The van der Waals surface area contributed by atoms with E-state index in [-0.39, 0.29) is 18.4 Å². The molecule has 1 rings (SSSR count). The molecular formula is C16H24N2O4. The lowest BCUT2D eigenvalue weighted by Crippen LogP contribution is -2.41. The molecule has 0 atom stereocenters. The molecule has 0 saturated carbocycles. The normalized spacial score (nSPS) is 10.0. The van der Waals surface area contributed by atoms with Crippen molar-refractivity contribution in [3.8, 4) is 11.5 Å². The molecule has 0 bridgehead atoms. The largest absolute Gasteiger partial charge is 0.493 e. The lowest BCUT2D eigenvalue weighted by atomic mass is 10.1. The van der Waals surface area contributed by atoms with Gasteiger partial charge in [-0.2, -0.15) is 0 Å². The summed E-state index contributed by atoms with van der Waals surface area (Å²) >= 11 is 0. The molecule has 0 saturated heterocycles. The Morgan fingerprint density at radius 1 is 1.05 bits per heavy atom. The lowest BCUT2D eigenvalue weighted by Gasteiger charge is -2.23. The summed E-state index contributed by atoms with van der Waals surface area (Å²) < 4.78 is 10.3. The second kappa shape index (κ2) is 8.26. The number of rotatable bonds is 7. The number of nitrogens with zero attached hydrogens (tertiary/aromatic N) is 2. The van der Waals surface area contributed by atoms with Crippen molar-refractivity contribution in [3.63, 3.8) is 0 Å². The van der Waals surface area contributed by atoms with Gasteiger partial charge in [0.15, 0.2) is 11.5 Å². The van der Waals surface area contributed by atoms with E-state index in [9.17, 15) is 9.59 Å². The molecule has 0 unspecified atom stereocenters. The molecule has 1 aromatic carbocycles. The average molecular weight is 308 g/mol. The number of methoxy groups -OCH3 is 2. The highest BCUT2D eigenvalue weighted by molar-refractivity contribution is 5.96. The monoisotopic (exact) mass is 308 g/mol. The van der Waals surface area contributed by atoms with Crippen LogP contribution in [0.25, 0.3) is 0 Å². The standard InChI is InChI=1S/C16H24N2O4/c1-6-18(7-2)15(19)11-17(3)16(20)12-8-9-13(21-4)14(10-12)22-5/h8-10H,6-7,11H2,1-5H3. The molecule has 6 nitrogen and oxygen atoms in total. The van der Waals surface area contributed by atoms with Gasteiger partial charge < -0.3 is 19.3 Å². The maximum absolute atomic E-state index is 12.4. The molecular weight excluding hydrogens is 284 g/mol. The molecule has 2 amide bonds. The van der Waals surface area contributed by atoms with E-state index in [0.29, 0.717) is 30.2 Å². The van der Waals surface area contributed by atoms with Gasteiger partial charge in [-0.25, -0.2) is 0 Å². The van der Waals surface area contributed by atoms with E-state index in [1.165, 1.54) is 19.1 Å². The Morgan fingerprint density at radius 3 is 2.14 bits per heavy atom. The predicted octanol–water partition coefficient (Wildman–Crippen LogP) is 1.64. The fourth-order valence-electron chi connectivity index (χ4n) is 2.14. The van der Waals surface area contributed by atoms with Crippen molar-refractivity contribution in [1.29, 1.82) is 0 Å². The number of ether oxygens (including phenoxy) is 2. The molecule has 0 heterocycles. The van der Waals surface area contributed by atoms with Crippen molar-refractivity contribution in [3.05, 3.63) is 23.8 Å². The molecule has 0 aliphatic rings. The van der Waals surface area contributed by atoms with E-state index >= 15 is 0 Å². The Bertz CT molecular complexity index is 527. The maximum atomic E-state index is 12.4. The van der Waals surface area contributed by atoms with Gasteiger partial charge in [-0.1, -0.05) is 0 Å². The number of hydrogen-bond donors (Lipinski definition) is 0. The molecule has 6 heteroatoms. The Balaban J connectivity index is 2.85. The fraction of sp³-hybridized carbons (Fsp3) is 0.500. The number of benzene rings is 1. The summed E-state index contributed by atoms with van der Waals surface area (Å²) in [6.45, 7) is 5.14. The van der Waals surface area contributed by atoms with Crippen LogP contribution in [0.15, 0.2) is 18.2 Å². The van der Waals surface area contributed by atoms with E-state index in [0.717, 1.165) is 0 Å². The van der Waals surface area contributed by atoms with Gasteiger partial charge >= 0.3 is 0 Å². The Hall–Kier alpha value is -2.24. The van der Waals surface area contributed by atoms with Crippen LogP contribution in [0.2, 0.25) is 0 Å². The van der Waals surface area contributed by atoms with Crippen LogP contribution in [-0.4, -0.2) is 62.5 Å². The van der Waals surface area contributed by atoms with Gasteiger partial charge in [0.05, 0.1) is 20.8 Å². The summed E-state index contributed by atoms with van der Waals surface area (Å²) in [5.74, 6) is 0.737. The van der Waals surface area contributed by atoms with Crippen LogP contribution in [-0.2, 0) is 4.79 Å². The third-order valence-corrected chi connectivity index (χ3v) is 3.47. The summed E-state index contributed by atoms with van der Waals surface area (Å²) in [6, 6.07) is 4.94. The molecule has 0 aromatic heterocycles. The van der Waals surface area contributed by atoms with Gasteiger partial charge in [-0.05, 0) is 32.0 Å². The van der Waals surface area contributed by atoms with Crippen LogP contribution in [0.5, 0.6) is 11.5 Å². The van der Waals surface area contributed by atoms with Gasteiger partial charge in [0, 0.05) is 25.7 Å². The summed E-state index contributed by atoms with van der Waals surface area (Å²) in [7, 11) is 4.66. The van der Waals surface area contributed by atoms with Crippen LogP contribution in [0.4, 0.5) is 0 Å². The van der Waals surface area contributed by atoms with E-state index in [1.807, 2.05) is 13.8 Å². The molecule has 0 N–H and O–H groups in total. The zero-order valence-electron chi connectivity index (χ0n) is 13.9. The molecule has 22 heavy (non-hydrogen) atoms. The van der Waals surface area contributed by atoms with Crippen molar-refractivity contribution in [2.24, 2.45) is 0 Å². The Kier molecular flexibility index (Phi) is 6.69. The third kappa shape index (κ3) is 4.13. The summed E-state index contributed by atoms with van der Waals surface area (Å²) in [6.07, 6.45) is 0. The maximum Gasteiger partial charge on any atom is 0.254 e. The van der Waals surface area contributed by atoms with Gasteiger partial charge in [0.1, 0.15) is 0 Å². The molecule has 0 radical (unpaired) electrons. The van der Waals surface area contributed by atoms with Gasteiger partial charge in [0.2, 0.25) is 5.91 Å². The summed E-state index contributed by atoms with van der Waals surface area (Å²) in [5.41, 5.74) is 0.451. The van der Waals surface area contributed by atoms with Crippen LogP contribution in [0.3, 0.4) is 0 Å². The molecule has 122 valence electrons. The number of amides is 2. The fourth-order valence-corrected chi connectivity index (χ4v) is 2.14. The first kappa shape index (κ1) is 17.8. The van der Waals surface area contributed by atoms with Gasteiger partial charge in [-0.3, -0.25) is 9.59 Å². The van der Waals surface area contributed by atoms with E-state index in [4.69, 9.17) is 9.47 Å². The topological polar surface area (TPSA) is 59.1 Å². The van der Waals surface area contributed by atoms with Crippen LogP contribution < -0.4 is 9.47 Å². The van der Waals surface area contributed by atoms with Crippen molar-refractivity contribution in [1.82, 2.24) is 9.80 Å². The number of carbonyl (C=O) groups is 2. The molecule has 1 aromatic rings. The quantitative estimate of drug-likeness (QED) is 0.768. The Labute approximate surface area is 131 Å². The van der Waals surface area contributed by atoms with Crippen LogP contribution in [0.1, 0.15) is 24.2 Å². The molecule has 0 spiro atoms. The number of carbonyl (C=O) groups excluding carboxylic acids is 2. The lowest BCUT2D eigenvalue weighted by molar-refractivity contribution is -0.131. The predicted molar refractivity (Wildman–Crippen MR) is 84.4 cm³/mol. The second-order valence-corrected chi connectivity index (χ2v) is 4.80. The smallest absolute Gasteiger partial charge is 0.254 e. The first-order valence-corrected chi connectivity index (χ1v) is 7.23. The minimum atomic E-state index is -0.235. The molecule has 0 aliphatic heterocycles. The van der Waals surface area contributed by atoms with Crippen molar-refractivity contribution in [2.75, 3.05) is 40.9 Å². The molecule has 0 aliphatic carbocycles. The highest BCUT2D eigenvalue weighted by atomic mass is 16.5.